The van der Waals surface area contributed by atoms with Crippen LogP contribution in [0.5, 0.6) is 0 Å². The van der Waals surface area contributed by atoms with E-state index >= 15 is 0 Å². The monoisotopic (exact) mass is 312 g/mol. The van der Waals surface area contributed by atoms with Crippen molar-refractivity contribution in [1.82, 2.24) is 25.5 Å². The van der Waals surface area contributed by atoms with Crippen LogP contribution in [-0.2, 0) is 4.79 Å². The number of hydrogen-bond acceptors (Lipinski definition) is 5. The highest BCUT2D eigenvalue weighted by atomic mass is 16.2. The summed E-state index contributed by atoms with van der Waals surface area (Å²) in [5, 5.41) is 18.3. The number of carbonyl (C=O) groups is 1. The molecule has 1 saturated carbocycles. The first-order valence-corrected chi connectivity index (χ1v) is 8.24. The lowest BCUT2D eigenvalue weighted by atomic mass is 10.0. The maximum atomic E-state index is 12.3. The molecule has 1 aliphatic carbocycles. The zero-order chi connectivity index (χ0) is 15.6. The van der Waals surface area contributed by atoms with Gasteiger partial charge in [-0.25, -0.2) is 4.68 Å². The number of piperidine rings is 1. The van der Waals surface area contributed by atoms with Gasteiger partial charge in [0.05, 0.1) is 12.1 Å². The van der Waals surface area contributed by atoms with Crippen LogP contribution in [0.3, 0.4) is 0 Å². The summed E-state index contributed by atoms with van der Waals surface area (Å²) in [7, 11) is 0. The van der Waals surface area contributed by atoms with Crippen LogP contribution < -0.4 is 10.6 Å². The van der Waals surface area contributed by atoms with Gasteiger partial charge in [0.1, 0.15) is 0 Å². The largest absolute Gasteiger partial charge is 0.325 e. The van der Waals surface area contributed by atoms with Crippen LogP contribution in [0, 0.1) is 0 Å². The van der Waals surface area contributed by atoms with Gasteiger partial charge in [-0.3, -0.25) is 4.79 Å². The Morgan fingerprint density at radius 1 is 1.26 bits per heavy atom. The standard InChI is InChI=1S/C16H20N6O/c23-16(14-6-1-2-9-17-14)18-12-5-3-4-11(10-12)15-19-20-21-22(15)13-7-8-13/h3-5,10,13-14,17H,1-2,6-9H2,(H,18,23)/t14-/m0/s1. The van der Waals surface area contributed by atoms with Gasteiger partial charge in [0.25, 0.3) is 0 Å². The molecule has 1 saturated heterocycles. The smallest absolute Gasteiger partial charge is 0.241 e. The number of benzene rings is 1. The molecular weight excluding hydrogens is 292 g/mol. The van der Waals surface area contributed by atoms with Crippen molar-refractivity contribution in [2.75, 3.05) is 11.9 Å². The van der Waals surface area contributed by atoms with E-state index in [-0.39, 0.29) is 11.9 Å². The molecule has 2 fully saturated rings. The second-order valence-corrected chi connectivity index (χ2v) is 6.25. The second-order valence-electron chi connectivity index (χ2n) is 6.25. The molecule has 7 nitrogen and oxygen atoms in total. The van der Waals surface area contributed by atoms with E-state index in [4.69, 9.17) is 0 Å². The van der Waals surface area contributed by atoms with Crippen molar-refractivity contribution in [3.05, 3.63) is 24.3 Å². The van der Waals surface area contributed by atoms with Crippen molar-refractivity contribution in [2.45, 2.75) is 44.2 Å². The van der Waals surface area contributed by atoms with Gasteiger partial charge in [-0.1, -0.05) is 18.6 Å². The number of rotatable bonds is 4. The Bertz CT molecular complexity index is 702. The van der Waals surface area contributed by atoms with Gasteiger partial charge in [0.15, 0.2) is 5.82 Å². The van der Waals surface area contributed by atoms with Gasteiger partial charge in [0.2, 0.25) is 5.91 Å². The fraction of sp³-hybridized carbons (Fsp3) is 0.500. The highest BCUT2D eigenvalue weighted by Gasteiger charge is 2.28. The Balaban J connectivity index is 1.51. The van der Waals surface area contributed by atoms with E-state index in [9.17, 15) is 4.79 Å². The molecule has 2 heterocycles. The first-order chi connectivity index (χ1) is 11.3. The van der Waals surface area contributed by atoms with Crippen molar-refractivity contribution in [2.24, 2.45) is 0 Å². The molecule has 0 radical (unpaired) electrons. The lowest BCUT2D eigenvalue weighted by Gasteiger charge is -2.22. The van der Waals surface area contributed by atoms with Gasteiger partial charge < -0.3 is 10.6 Å². The number of hydrogen-bond donors (Lipinski definition) is 2. The van der Waals surface area contributed by atoms with Crippen LogP contribution in [-0.4, -0.2) is 38.7 Å². The van der Waals surface area contributed by atoms with Gasteiger partial charge in [-0.2, -0.15) is 0 Å². The van der Waals surface area contributed by atoms with E-state index in [1.165, 1.54) is 0 Å². The zero-order valence-corrected chi connectivity index (χ0v) is 12.9. The Morgan fingerprint density at radius 3 is 2.96 bits per heavy atom. The summed E-state index contributed by atoms with van der Waals surface area (Å²) >= 11 is 0. The minimum Gasteiger partial charge on any atom is -0.325 e. The molecule has 1 aromatic carbocycles. The quantitative estimate of drug-likeness (QED) is 0.898. The summed E-state index contributed by atoms with van der Waals surface area (Å²) in [5.41, 5.74) is 1.71. The van der Waals surface area contributed by atoms with E-state index in [1.807, 2.05) is 28.9 Å². The maximum absolute atomic E-state index is 12.3. The summed E-state index contributed by atoms with van der Waals surface area (Å²) in [6.45, 7) is 0.911. The lowest BCUT2D eigenvalue weighted by Crippen LogP contribution is -2.43. The van der Waals surface area contributed by atoms with E-state index < -0.39 is 0 Å². The minimum absolute atomic E-state index is 0.0311. The van der Waals surface area contributed by atoms with Gasteiger partial charge in [-0.05, 0) is 54.8 Å². The zero-order valence-electron chi connectivity index (χ0n) is 12.9. The van der Waals surface area contributed by atoms with Gasteiger partial charge >= 0.3 is 0 Å². The van der Waals surface area contributed by atoms with Crippen LogP contribution in [0.25, 0.3) is 11.4 Å². The Kier molecular flexibility index (Phi) is 3.78. The fourth-order valence-electron chi connectivity index (χ4n) is 2.99. The molecule has 7 heteroatoms. The Hall–Kier alpha value is -2.28. The molecule has 2 N–H and O–H groups in total. The number of nitrogens with zero attached hydrogens (tertiary/aromatic N) is 4. The van der Waals surface area contributed by atoms with Crippen molar-refractivity contribution < 1.29 is 4.79 Å². The first-order valence-electron chi connectivity index (χ1n) is 8.24. The maximum Gasteiger partial charge on any atom is 0.241 e. The summed E-state index contributed by atoms with van der Waals surface area (Å²) < 4.78 is 1.88. The highest BCUT2D eigenvalue weighted by Crippen LogP contribution is 2.36. The minimum atomic E-state index is -0.0933. The van der Waals surface area contributed by atoms with Crippen molar-refractivity contribution in [3.8, 4) is 11.4 Å². The molecule has 1 aliphatic heterocycles. The molecule has 1 aromatic heterocycles. The third kappa shape index (κ3) is 3.10. The van der Waals surface area contributed by atoms with Crippen molar-refractivity contribution in [3.63, 3.8) is 0 Å². The summed E-state index contributed by atoms with van der Waals surface area (Å²) in [6, 6.07) is 8.05. The number of anilines is 1. The molecule has 1 amide bonds. The number of amides is 1. The third-order valence-electron chi connectivity index (χ3n) is 4.40. The summed E-state index contributed by atoms with van der Waals surface area (Å²) in [6.07, 6.45) is 5.39. The fourth-order valence-corrected chi connectivity index (χ4v) is 2.99. The van der Waals surface area contributed by atoms with Crippen LogP contribution in [0.1, 0.15) is 38.1 Å². The third-order valence-corrected chi connectivity index (χ3v) is 4.40. The molecule has 120 valence electrons. The lowest BCUT2D eigenvalue weighted by molar-refractivity contribution is -0.118. The van der Waals surface area contributed by atoms with E-state index in [2.05, 4.69) is 26.2 Å². The van der Waals surface area contributed by atoms with Gasteiger partial charge in [-0.15, -0.1) is 5.10 Å². The first kappa shape index (κ1) is 14.3. The second kappa shape index (κ2) is 6.08. The number of nitrogens with one attached hydrogen (secondary N) is 2. The topological polar surface area (TPSA) is 84.7 Å². The number of aromatic nitrogens is 4. The SMILES string of the molecule is O=C(Nc1cccc(-c2nnnn2C2CC2)c1)[C@@H]1CCCCN1. The van der Waals surface area contributed by atoms with Crippen molar-refractivity contribution >= 4 is 11.6 Å². The predicted molar refractivity (Wildman–Crippen MR) is 85.8 cm³/mol. The van der Waals surface area contributed by atoms with Crippen LogP contribution in [0.4, 0.5) is 5.69 Å². The van der Waals surface area contributed by atoms with E-state index in [0.29, 0.717) is 6.04 Å². The molecule has 4 rings (SSSR count). The molecule has 1 atom stereocenters. The van der Waals surface area contributed by atoms with Crippen molar-refractivity contribution in [1.29, 1.82) is 0 Å². The molecule has 23 heavy (non-hydrogen) atoms. The number of tetrazole rings is 1. The molecule has 0 unspecified atom stereocenters. The van der Waals surface area contributed by atoms with Crippen LogP contribution in [0.2, 0.25) is 0 Å². The average Bonchev–Trinajstić information content (AvgIpc) is 3.32. The van der Waals surface area contributed by atoms with E-state index in [0.717, 1.165) is 55.7 Å². The molecule has 2 aliphatic rings. The highest BCUT2D eigenvalue weighted by molar-refractivity contribution is 5.95. The molecular formula is C16H20N6O. The number of carbonyl (C=O) groups excluding carboxylic acids is 1. The normalized spacial score (nSPS) is 21.1. The average molecular weight is 312 g/mol. The van der Waals surface area contributed by atoms with E-state index in [1.54, 1.807) is 0 Å². The predicted octanol–water partition coefficient (Wildman–Crippen LogP) is 1.76. The molecule has 0 bridgehead atoms. The summed E-state index contributed by atoms with van der Waals surface area (Å²) in [4.78, 5) is 12.3. The molecule has 0 spiro atoms. The molecule has 2 aromatic rings. The Morgan fingerprint density at radius 2 is 2.17 bits per heavy atom. The Labute approximate surface area is 134 Å². The van der Waals surface area contributed by atoms with Crippen LogP contribution >= 0.6 is 0 Å². The van der Waals surface area contributed by atoms with Gasteiger partial charge in [0, 0.05) is 11.3 Å². The van der Waals surface area contributed by atoms with Crippen LogP contribution in [0.15, 0.2) is 24.3 Å². The summed E-state index contributed by atoms with van der Waals surface area (Å²) in [5.74, 6) is 0.794.